The molecule has 2 aromatic rings. The van der Waals surface area contributed by atoms with E-state index in [1.807, 2.05) is 13.8 Å². The summed E-state index contributed by atoms with van der Waals surface area (Å²) in [6, 6.07) is 2.28. The molecule has 14 heteroatoms. The lowest BCUT2D eigenvalue weighted by Crippen LogP contribution is -2.31. The van der Waals surface area contributed by atoms with Crippen LogP contribution in [0.15, 0.2) is 12.1 Å². The van der Waals surface area contributed by atoms with E-state index in [1.54, 1.807) is 0 Å². The topological polar surface area (TPSA) is 105 Å². The fourth-order valence-corrected chi connectivity index (χ4v) is 8.30. The highest BCUT2D eigenvalue weighted by molar-refractivity contribution is 6.47. The van der Waals surface area contributed by atoms with Gasteiger partial charge in [-0.05, 0) is 49.7 Å². The summed E-state index contributed by atoms with van der Waals surface area (Å²) in [7, 11) is 0. The molecule has 2 aliphatic carbocycles. The van der Waals surface area contributed by atoms with E-state index in [0.717, 1.165) is 63.5 Å². The number of carbonyl (C=O) groups is 4. The summed E-state index contributed by atoms with van der Waals surface area (Å²) >= 11 is 37.8. The fourth-order valence-electron chi connectivity index (χ4n) is 6.86. The van der Waals surface area contributed by atoms with Crippen LogP contribution in [-0.4, -0.2) is 37.1 Å². The van der Waals surface area contributed by atoms with Crippen LogP contribution in [-0.2, 0) is 19.1 Å². The summed E-state index contributed by atoms with van der Waals surface area (Å²) < 4.78 is 21.8. The number of benzene rings is 2. The van der Waals surface area contributed by atoms with Crippen LogP contribution in [0.5, 0.6) is 11.5 Å². The molecule has 4 atom stereocenters. The van der Waals surface area contributed by atoms with Crippen molar-refractivity contribution in [2.24, 2.45) is 22.7 Å². The maximum absolute atomic E-state index is 13.4. The van der Waals surface area contributed by atoms with Crippen LogP contribution >= 0.6 is 69.6 Å². The second-order valence-corrected chi connectivity index (χ2v) is 15.1. The number of rotatable bonds is 10. The van der Waals surface area contributed by atoms with E-state index in [9.17, 15) is 19.2 Å². The van der Waals surface area contributed by atoms with Gasteiger partial charge in [-0.3, -0.25) is 0 Å². The van der Waals surface area contributed by atoms with Gasteiger partial charge in [-0.25, -0.2) is 19.2 Å². The summed E-state index contributed by atoms with van der Waals surface area (Å²) in [5.41, 5.74) is -1.35. The average Bonchev–Trinajstić information content (AvgIpc) is 3.61. The van der Waals surface area contributed by atoms with Gasteiger partial charge in [0.15, 0.2) is 11.5 Å². The third-order valence-corrected chi connectivity index (χ3v) is 12.5. The van der Waals surface area contributed by atoms with Gasteiger partial charge in [0.25, 0.3) is 0 Å². The second kappa shape index (κ2) is 15.9. The predicted octanol–water partition coefficient (Wildman–Crippen LogP) is 10.9. The molecular formula is C34H36Cl6O8. The lowest BCUT2D eigenvalue weighted by Gasteiger charge is -2.32. The third kappa shape index (κ3) is 7.84. The van der Waals surface area contributed by atoms with Crippen LogP contribution in [0, 0.1) is 22.7 Å². The predicted molar refractivity (Wildman–Crippen MR) is 186 cm³/mol. The Balaban J connectivity index is 1.57. The molecule has 0 spiro atoms. The summed E-state index contributed by atoms with van der Waals surface area (Å²) in [6.07, 6.45) is 7.32. The molecule has 2 fully saturated rings. The van der Waals surface area contributed by atoms with Gasteiger partial charge < -0.3 is 18.9 Å². The zero-order valence-electron chi connectivity index (χ0n) is 26.9. The normalized spacial score (nSPS) is 23.5. The van der Waals surface area contributed by atoms with Crippen LogP contribution in [0.3, 0.4) is 0 Å². The van der Waals surface area contributed by atoms with Crippen LogP contribution in [0.4, 0.5) is 0 Å². The molecule has 0 heterocycles. The fraction of sp³-hybridized carbons (Fsp3) is 0.529. The lowest BCUT2D eigenvalue weighted by atomic mass is 9.77. The number of halogens is 6. The number of ether oxygens (including phenoxy) is 4. The molecule has 0 aromatic heterocycles. The summed E-state index contributed by atoms with van der Waals surface area (Å²) in [4.78, 5) is 53.0. The largest absolute Gasteiger partial charge is 0.461 e. The van der Waals surface area contributed by atoms with Crippen molar-refractivity contribution in [3.8, 4) is 11.5 Å². The van der Waals surface area contributed by atoms with Crippen molar-refractivity contribution in [3.05, 3.63) is 53.4 Å². The highest BCUT2D eigenvalue weighted by Gasteiger charge is 2.42. The first kappa shape index (κ1) is 38.9. The minimum absolute atomic E-state index is 0.0897. The number of carbonyl (C=O) groups excluding carboxylic acids is 4. The maximum atomic E-state index is 13.4. The van der Waals surface area contributed by atoms with Gasteiger partial charge >= 0.3 is 23.9 Å². The number of esters is 4. The molecule has 4 rings (SSSR count). The van der Waals surface area contributed by atoms with Gasteiger partial charge in [0, 0.05) is 10.8 Å². The molecule has 0 radical (unpaired) electrons. The second-order valence-electron chi connectivity index (χ2n) is 12.7. The Labute approximate surface area is 309 Å². The van der Waals surface area contributed by atoms with Crippen molar-refractivity contribution in [3.63, 3.8) is 0 Å². The zero-order chi connectivity index (χ0) is 35.6. The monoisotopic (exact) mass is 782 g/mol. The minimum atomic E-state index is -1.63. The third-order valence-electron chi connectivity index (χ3n) is 10.3. The van der Waals surface area contributed by atoms with E-state index >= 15 is 0 Å². The lowest BCUT2D eigenvalue weighted by molar-refractivity contribution is -0.156. The average molecular weight is 785 g/mol. The van der Waals surface area contributed by atoms with Crippen molar-refractivity contribution in [2.75, 3.05) is 13.2 Å². The minimum Gasteiger partial charge on any atom is -0.461 e. The molecule has 0 saturated heterocycles. The quantitative estimate of drug-likeness (QED) is 0.101. The Morgan fingerprint density at radius 3 is 1.29 bits per heavy atom. The first-order chi connectivity index (χ1) is 22.6. The Morgan fingerprint density at radius 1 is 0.646 bits per heavy atom. The molecule has 0 amide bonds. The highest BCUT2D eigenvalue weighted by Crippen LogP contribution is 2.48. The van der Waals surface area contributed by atoms with E-state index < -0.39 is 46.5 Å². The molecule has 2 aliphatic rings. The van der Waals surface area contributed by atoms with Gasteiger partial charge in [-0.15, -0.1) is 0 Å². The van der Waals surface area contributed by atoms with Crippen LogP contribution < -0.4 is 9.47 Å². The van der Waals surface area contributed by atoms with E-state index in [2.05, 4.69) is 13.8 Å². The Bertz CT molecular complexity index is 1500. The van der Waals surface area contributed by atoms with E-state index in [4.69, 9.17) is 88.6 Å². The van der Waals surface area contributed by atoms with Crippen LogP contribution in [0.1, 0.15) is 99.8 Å². The highest BCUT2D eigenvalue weighted by atomic mass is 35.5. The van der Waals surface area contributed by atoms with E-state index in [-0.39, 0.29) is 54.2 Å². The standard InChI is InChI=1S/C34H36Cl6O8/c1-5-33(11-7-9-17(33)3)15-45-29(41)23-25(39)19(35)13-21(37)27(23)47-31(43)32(44)48-28-22(38)14-20(36)26(40)24(28)30(42)46-16-34(6-2)12-8-10-18(34)4/h13-14,17-18H,5-12,15-16H2,1-4H3. The summed E-state index contributed by atoms with van der Waals surface area (Å²) in [5.74, 6) is -5.69. The smallest absolute Gasteiger partial charge is 0.423 e. The molecule has 0 N–H and O–H groups in total. The SMILES string of the molecule is CCC1(COC(=O)c2c(Cl)c(Cl)cc(Cl)c2OC(=O)C(=O)Oc2c(Cl)cc(Cl)c(Cl)c2C(=O)OCC2(CC)CCCC2C)CCCC1C. The molecule has 0 bridgehead atoms. The first-order valence-electron chi connectivity index (χ1n) is 15.7. The molecule has 262 valence electrons. The molecule has 0 aliphatic heterocycles. The van der Waals surface area contributed by atoms with E-state index in [1.165, 1.54) is 0 Å². The van der Waals surface area contributed by atoms with Gasteiger partial charge in [0.2, 0.25) is 0 Å². The molecule has 8 nitrogen and oxygen atoms in total. The summed E-state index contributed by atoms with van der Waals surface area (Å²) in [5, 5.41) is -1.44. The Morgan fingerprint density at radius 2 is 1.00 bits per heavy atom. The Hall–Kier alpha value is -1.94. The van der Waals surface area contributed by atoms with Crippen molar-refractivity contribution in [1.29, 1.82) is 0 Å². The van der Waals surface area contributed by atoms with E-state index in [0.29, 0.717) is 11.8 Å². The van der Waals surface area contributed by atoms with Crippen molar-refractivity contribution in [1.82, 2.24) is 0 Å². The van der Waals surface area contributed by atoms with Crippen LogP contribution in [0.25, 0.3) is 0 Å². The van der Waals surface area contributed by atoms with Gasteiger partial charge in [0.05, 0.1) is 43.3 Å². The summed E-state index contributed by atoms with van der Waals surface area (Å²) in [6.45, 7) is 8.45. The molecular weight excluding hydrogens is 749 g/mol. The van der Waals surface area contributed by atoms with Gasteiger partial charge in [-0.2, -0.15) is 0 Å². The number of hydrogen-bond donors (Lipinski definition) is 0. The van der Waals surface area contributed by atoms with Gasteiger partial charge in [0.1, 0.15) is 11.1 Å². The van der Waals surface area contributed by atoms with Crippen molar-refractivity contribution in [2.45, 2.75) is 79.1 Å². The Kier molecular flexibility index (Phi) is 12.9. The van der Waals surface area contributed by atoms with Crippen molar-refractivity contribution >= 4 is 93.5 Å². The van der Waals surface area contributed by atoms with Crippen LogP contribution in [0.2, 0.25) is 30.1 Å². The zero-order valence-corrected chi connectivity index (χ0v) is 31.4. The number of hydrogen-bond acceptors (Lipinski definition) is 8. The molecule has 2 aromatic carbocycles. The first-order valence-corrected chi connectivity index (χ1v) is 18.0. The van der Waals surface area contributed by atoms with Crippen molar-refractivity contribution < 1.29 is 38.1 Å². The molecule has 48 heavy (non-hydrogen) atoms. The maximum Gasteiger partial charge on any atom is 0.423 e. The molecule has 4 unspecified atom stereocenters. The molecule has 2 saturated carbocycles. The van der Waals surface area contributed by atoms with Gasteiger partial charge in [-0.1, -0.05) is 123 Å².